The second-order valence-corrected chi connectivity index (χ2v) is 5.45. The maximum atomic E-state index is 9.92. The third-order valence-electron chi connectivity index (χ3n) is 2.84. The van der Waals surface area contributed by atoms with Gasteiger partial charge in [-0.05, 0) is 46.5 Å². The normalized spacial score (nSPS) is 26.6. The summed E-state index contributed by atoms with van der Waals surface area (Å²) in [6.07, 6.45) is 2.15. The van der Waals surface area contributed by atoms with Crippen molar-refractivity contribution in [1.82, 2.24) is 5.06 Å². The Morgan fingerprint density at radius 3 is 1.57 bits per heavy atom. The topological polar surface area (TPSA) is 23.5 Å². The van der Waals surface area contributed by atoms with E-state index < -0.39 is 0 Å². The molecule has 1 rings (SSSR count). The molecule has 0 aromatic rings. The number of piperidine rings is 1. The van der Waals surface area contributed by atoms with Crippen LogP contribution < -0.4 is 0 Å². The van der Waals surface area contributed by atoms with Crippen LogP contribution >= 0.6 is 0 Å². The van der Waals surface area contributed by atoms with Crippen LogP contribution in [0, 0.1) is 5.92 Å². The van der Waals surface area contributed by atoms with Gasteiger partial charge in [-0.2, -0.15) is 5.06 Å². The van der Waals surface area contributed by atoms with Crippen molar-refractivity contribution in [3.05, 3.63) is 0 Å². The number of rotatable bonds is 0. The van der Waals surface area contributed by atoms with Crippen LogP contribution in [0.25, 0.3) is 0 Å². The molecule has 1 saturated heterocycles. The highest BCUT2D eigenvalue weighted by molar-refractivity contribution is 4.94. The zero-order valence-corrected chi connectivity index (χ0v) is 10.9. The van der Waals surface area contributed by atoms with Gasteiger partial charge in [0.2, 0.25) is 0 Å². The second-order valence-electron chi connectivity index (χ2n) is 5.45. The molecule has 0 unspecified atom stereocenters. The van der Waals surface area contributed by atoms with Gasteiger partial charge in [0.1, 0.15) is 0 Å². The molecule has 0 radical (unpaired) electrons. The number of hydrogen-bond donors (Lipinski definition) is 1. The van der Waals surface area contributed by atoms with E-state index >= 15 is 0 Å². The summed E-state index contributed by atoms with van der Waals surface area (Å²) in [4.78, 5) is 0. The minimum Gasteiger partial charge on any atom is -0.313 e. The lowest BCUT2D eigenvalue weighted by Gasteiger charge is -2.50. The van der Waals surface area contributed by atoms with E-state index in [2.05, 4.69) is 34.6 Å². The second kappa shape index (κ2) is 4.63. The summed E-state index contributed by atoms with van der Waals surface area (Å²) in [5.74, 6) is 0.707. The zero-order valence-electron chi connectivity index (χ0n) is 10.9. The lowest BCUT2D eigenvalue weighted by atomic mass is 9.76. The lowest BCUT2D eigenvalue weighted by molar-refractivity contribution is -0.249. The predicted molar refractivity (Wildman–Crippen MR) is 61.5 cm³/mol. The first-order valence-corrected chi connectivity index (χ1v) is 5.75. The molecular weight excluding hydrogens is 174 g/mol. The summed E-state index contributed by atoms with van der Waals surface area (Å²) in [6.45, 7) is 14.7. The molecule has 0 aromatic carbocycles. The van der Waals surface area contributed by atoms with Gasteiger partial charge in [0, 0.05) is 11.1 Å². The first kappa shape index (κ1) is 13.9. The Bertz CT molecular complexity index is 157. The number of hydroxylamine groups is 2. The molecule has 14 heavy (non-hydrogen) atoms. The summed E-state index contributed by atoms with van der Waals surface area (Å²) in [5, 5.41) is 11.4. The summed E-state index contributed by atoms with van der Waals surface area (Å²) in [5.41, 5.74) is -0.137. The molecule has 0 aliphatic carbocycles. The van der Waals surface area contributed by atoms with Crippen LogP contribution in [0.2, 0.25) is 0 Å². The smallest absolute Gasteiger partial charge is 0.0413 e. The van der Waals surface area contributed by atoms with Gasteiger partial charge in [0.15, 0.2) is 0 Å². The first-order chi connectivity index (χ1) is 6.26. The highest BCUT2D eigenvalue weighted by Crippen LogP contribution is 2.39. The van der Waals surface area contributed by atoms with E-state index in [4.69, 9.17) is 0 Å². The van der Waals surface area contributed by atoms with Crippen molar-refractivity contribution in [1.29, 1.82) is 0 Å². The molecule has 1 fully saturated rings. The standard InChI is InChI=1S/C10H21NO.C2H6/c1-8-6-9(2,3)11(12)10(4,5)7-8;1-2/h8,12H,6-7H2,1-5H3;1-2H3. The van der Waals surface area contributed by atoms with Crippen LogP contribution in [0.1, 0.15) is 61.3 Å². The fraction of sp³-hybridized carbons (Fsp3) is 1.00. The maximum absolute atomic E-state index is 9.92. The van der Waals surface area contributed by atoms with Gasteiger partial charge >= 0.3 is 0 Å². The minimum atomic E-state index is -0.0683. The molecule has 0 aromatic heterocycles. The van der Waals surface area contributed by atoms with Gasteiger partial charge in [0.05, 0.1) is 0 Å². The first-order valence-electron chi connectivity index (χ1n) is 5.75. The third-order valence-corrected chi connectivity index (χ3v) is 2.84. The van der Waals surface area contributed by atoms with Crippen LogP contribution in [0.15, 0.2) is 0 Å². The van der Waals surface area contributed by atoms with Crippen LogP contribution in [0.3, 0.4) is 0 Å². The fourth-order valence-electron chi connectivity index (χ4n) is 2.77. The van der Waals surface area contributed by atoms with Crippen molar-refractivity contribution in [3.63, 3.8) is 0 Å². The Balaban J connectivity index is 0.000000791. The Labute approximate surface area is 89.3 Å². The molecule has 0 saturated carbocycles. The molecule has 2 nitrogen and oxygen atoms in total. The van der Waals surface area contributed by atoms with Gasteiger partial charge in [-0.3, -0.25) is 0 Å². The monoisotopic (exact) mass is 201 g/mol. The SMILES string of the molecule is CC.CC1CC(C)(C)N(O)C(C)(C)C1. The minimum absolute atomic E-state index is 0.0683. The Hall–Kier alpha value is -0.0800. The summed E-state index contributed by atoms with van der Waals surface area (Å²) < 4.78 is 0. The number of nitrogens with zero attached hydrogens (tertiary/aromatic N) is 1. The quantitative estimate of drug-likeness (QED) is 0.646. The third kappa shape index (κ3) is 2.96. The zero-order chi connectivity index (χ0) is 11.6. The van der Waals surface area contributed by atoms with Gasteiger partial charge in [-0.1, -0.05) is 20.8 Å². The number of hydrogen-bond acceptors (Lipinski definition) is 2. The molecule has 0 amide bonds. The van der Waals surface area contributed by atoms with Crippen molar-refractivity contribution < 1.29 is 5.21 Å². The summed E-state index contributed by atoms with van der Waals surface area (Å²) in [7, 11) is 0. The average Bonchev–Trinajstić information content (AvgIpc) is 2.02. The van der Waals surface area contributed by atoms with E-state index in [0.717, 1.165) is 12.8 Å². The van der Waals surface area contributed by atoms with E-state index in [-0.39, 0.29) is 11.1 Å². The maximum Gasteiger partial charge on any atom is 0.0413 e. The molecule has 0 bridgehead atoms. The van der Waals surface area contributed by atoms with Crippen LogP contribution in [0.4, 0.5) is 0 Å². The van der Waals surface area contributed by atoms with Crippen LogP contribution in [-0.4, -0.2) is 21.3 Å². The van der Waals surface area contributed by atoms with E-state index in [9.17, 15) is 5.21 Å². The Morgan fingerprint density at radius 2 is 1.29 bits per heavy atom. The van der Waals surface area contributed by atoms with Crippen molar-refractivity contribution in [2.24, 2.45) is 5.92 Å². The van der Waals surface area contributed by atoms with Gasteiger partial charge in [0.25, 0.3) is 0 Å². The predicted octanol–water partition coefficient (Wildman–Crippen LogP) is 3.69. The molecule has 1 N–H and O–H groups in total. The van der Waals surface area contributed by atoms with Crippen LogP contribution in [-0.2, 0) is 0 Å². The van der Waals surface area contributed by atoms with Gasteiger partial charge in [-0.25, -0.2) is 0 Å². The molecular formula is C12H27NO. The van der Waals surface area contributed by atoms with Crippen molar-refractivity contribution in [3.8, 4) is 0 Å². The van der Waals surface area contributed by atoms with Crippen molar-refractivity contribution in [2.75, 3.05) is 0 Å². The van der Waals surface area contributed by atoms with Gasteiger partial charge < -0.3 is 5.21 Å². The van der Waals surface area contributed by atoms with Crippen LogP contribution in [0.5, 0.6) is 0 Å². The van der Waals surface area contributed by atoms with E-state index in [1.165, 1.54) is 5.06 Å². The average molecular weight is 201 g/mol. The molecule has 1 aliphatic heterocycles. The molecule has 0 spiro atoms. The van der Waals surface area contributed by atoms with Gasteiger partial charge in [-0.15, -0.1) is 0 Å². The fourth-order valence-corrected chi connectivity index (χ4v) is 2.77. The molecule has 0 atom stereocenters. The summed E-state index contributed by atoms with van der Waals surface area (Å²) in [6, 6.07) is 0. The van der Waals surface area contributed by atoms with Crippen molar-refractivity contribution in [2.45, 2.75) is 72.4 Å². The molecule has 1 heterocycles. The highest BCUT2D eigenvalue weighted by Gasteiger charge is 2.43. The molecule has 86 valence electrons. The van der Waals surface area contributed by atoms with E-state index in [0.29, 0.717) is 5.92 Å². The van der Waals surface area contributed by atoms with E-state index in [1.807, 2.05) is 13.8 Å². The Kier molecular flexibility index (Phi) is 4.60. The molecule has 1 aliphatic rings. The largest absolute Gasteiger partial charge is 0.313 e. The lowest BCUT2D eigenvalue weighted by Crippen LogP contribution is -2.58. The molecule has 2 heteroatoms. The Morgan fingerprint density at radius 1 is 1.00 bits per heavy atom. The van der Waals surface area contributed by atoms with E-state index in [1.54, 1.807) is 0 Å². The highest BCUT2D eigenvalue weighted by atomic mass is 16.5. The van der Waals surface area contributed by atoms with Crippen molar-refractivity contribution >= 4 is 0 Å². The summed E-state index contributed by atoms with van der Waals surface area (Å²) >= 11 is 0.